The van der Waals surface area contributed by atoms with Crippen LogP contribution in [0.15, 0.2) is 60.7 Å². The van der Waals surface area contributed by atoms with E-state index in [-0.39, 0.29) is 5.04 Å². The summed E-state index contributed by atoms with van der Waals surface area (Å²) in [6, 6.07) is 21.8. The molecule has 3 rings (SSSR count). The topological polar surface area (TPSA) is 21.8 Å². The summed E-state index contributed by atoms with van der Waals surface area (Å²) in [5.74, 6) is 0. The molecule has 0 aromatic heterocycles. The monoisotopic (exact) mass is 460 g/mol. The van der Waals surface area contributed by atoms with Gasteiger partial charge in [-0.25, -0.2) is 0 Å². The van der Waals surface area contributed by atoms with Crippen LogP contribution in [0.4, 0.5) is 0 Å². The van der Waals surface area contributed by atoms with E-state index in [1.807, 2.05) is 0 Å². The van der Waals surface area contributed by atoms with Gasteiger partial charge in [0.2, 0.25) is 0 Å². The summed E-state index contributed by atoms with van der Waals surface area (Å²) in [5.41, 5.74) is 0. The molecular weight excluding hydrogens is 428 g/mol. The molecule has 1 aliphatic heterocycles. The number of hydrogen-bond acceptors (Lipinski definition) is 2. The molecule has 0 saturated carbocycles. The molecule has 2 atom stereocenters. The van der Waals surface area contributed by atoms with E-state index < -0.39 is 8.32 Å². The first-order chi connectivity index (χ1) is 13.5. The molecule has 2 aromatic carbocycles. The van der Waals surface area contributed by atoms with Gasteiger partial charge < -0.3 is 9.16 Å². The van der Waals surface area contributed by atoms with Crippen molar-refractivity contribution in [1.29, 1.82) is 0 Å². The first-order valence-corrected chi connectivity index (χ1v) is 13.5. The first-order valence-electron chi connectivity index (χ1n) is 10.5. The van der Waals surface area contributed by atoms with Crippen LogP contribution in [0.25, 0.3) is 0 Å². The SMILES string of the molecule is CC(C)(C)[Si](OCCC[C@H]1O[C@@H]1CCCBr)(c1ccccc1)c1ccccc1. The largest absolute Gasteiger partial charge is 0.407 e. The maximum Gasteiger partial charge on any atom is 0.261 e. The Morgan fingerprint density at radius 2 is 1.36 bits per heavy atom. The van der Waals surface area contributed by atoms with Gasteiger partial charge in [-0.05, 0) is 41.1 Å². The van der Waals surface area contributed by atoms with Crippen molar-refractivity contribution in [2.45, 2.75) is 63.7 Å². The number of halogens is 1. The lowest BCUT2D eigenvalue weighted by Gasteiger charge is -2.43. The van der Waals surface area contributed by atoms with Gasteiger partial charge in [0.15, 0.2) is 0 Å². The summed E-state index contributed by atoms with van der Waals surface area (Å²) in [4.78, 5) is 0. The molecule has 1 aliphatic rings. The Morgan fingerprint density at radius 3 is 1.82 bits per heavy atom. The van der Waals surface area contributed by atoms with Gasteiger partial charge in [-0.1, -0.05) is 97.4 Å². The fourth-order valence-electron chi connectivity index (χ4n) is 4.24. The van der Waals surface area contributed by atoms with Crippen LogP contribution >= 0.6 is 15.9 Å². The summed E-state index contributed by atoms with van der Waals surface area (Å²) in [5, 5.41) is 3.82. The van der Waals surface area contributed by atoms with Crippen LogP contribution in [0.3, 0.4) is 0 Å². The second-order valence-electron chi connectivity index (χ2n) is 8.70. The average molecular weight is 462 g/mol. The number of ether oxygens (including phenoxy) is 1. The Morgan fingerprint density at radius 1 is 0.857 bits per heavy atom. The maximum absolute atomic E-state index is 6.94. The molecule has 2 nitrogen and oxygen atoms in total. The number of alkyl halides is 1. The van der Waals surface area contributed by atoms with E-state index in [2.05, 4.69) is 97.4 Å². The number of epoxide rings is 1. The van der Waals surface area contributed by atoms with E-state index in [9.17, 15) is 0 Å². The average Bonchev–Trinajstić information content (AvgIpc) is 3.45. The molecule has 1 fully saturated rings. The number of benzene rings is 2. The normalized spacial score (nSPS) is 19.6. The molecule has 1 saturated heterocycles. The lowest BCUT2D eigenvalue weighted by atomic mass is 10.1. The van der Waals surface area contributed by atoms with Crippen LogP contribution in [0.2, 0.25) is 5.04 Å². The van der Waals surface area contributed by atoms with Gasteiger partial charge in [0.05, 0.1) is 12.2 Å². The highest BCUT2D eigenvalue weighted by atomic mass is 79.9. The van der Waals surface area contributed by atoms with Gasteiger partial charge in [0.1, 0.15) is 0 Å². The molecule has 0 radical (unpaired) electrons. The van der Waals surface area contributed by atoms with E-state index in [0.29, 0.717) is 12.2 Å². The molecule has 0 aliphatic carbocycles. The third-order valence-corrected chi connectivity index (χ3v) is 11.3. The second-order valence-corrected chi connectivity index (χ2v) is 13.8. The van der Waals surface area contributed by atoms with Crippen molar-refractivity contribution >= 4 is 34.6 Å². The molecule has 0 bridgehead atoms. The van der Waals surface area contributed by atoms with E-state index in [1.54, 1.807) is 0 Å². The van der Waals surface area contributed by atoms with Gasteiger partial charge >= 0.3 is 0 Å². The highest BCUT2D eigenvalue weighted by Gasteiger charge is 2.50. The Hall–Kier alpha value is -0.943. The lowest BCUT2D eigenvalue weighted by Crippen LogP contribution is -2.66. The molecule has 1 heterocycles. The molecule has 0 unspecified atom stereocenters. The standard InChI is InChI=1S/C24H33BrO2Si/c1-24(2,3)28(20-12-6-4-7-13-20,21-14-8-5-9-15-21)26-19-11-17-23-22(27-23)16-10-18-25/h4-9,12-15,22-23H,10-11,16-19H2,1-3H3/t22-,23-/m1/s1. The summed E-state index contributed by atoms with van der Waals surface area (Å²) in [6.45, 7) is 7.79. The van der Waals surface area contributed by atoms with Crippen molar-refractivity contribution in [3.63, 3.8) is 0 Å². The summed E-state index contributed by atoms with van der Waals surface area (Å²) >= 11 is 3.50. The van der Waals surface area contributed by atoms with E-state index in [1.165, 1.54) is 23.2 Å². The van der Waals surface area contributed by atoms with Crippen molar-refractivity contribution in [1.82, 2.24) is 0 Å². The third-order valence-electron chi connectivity index (χ3n) is 5.68. The minimum Gasteiger partial charge on any atom is -0.407 e. The lowest BCUT2D eigenvalue weighted by molar-refractivity contribution is 0.277. The smallest absolute Gasteiger partial charge is 0.261 e. The van der Waals surface area contributed by atoms with Gasteiger partial charge in [-0.2, -0.15) is 0 Å². The van der Waals surface area contributed by atoms with Crippen LogP contribution in [0.1, 0.15) is 46.5 Å². The predicted molar refractivity (Wildman–Crippen MR) is 124 cm³/mol. The van der Waals surface area contributed by atoms with Crippen molar-refractivity contribution in [2.75, 3.05) is 11.9 Å². The minimum absolute atomic E-state index is 0.0458. The van der Waals surface area contributed by atoms with Crippen LogP contribution in [-0.4, -0.2) is 32.5 Å². The number of hydrogen-bond donors (Lipinski definition) is 0. The highest BCUT2D eigenvalue weighted by Crippen LogP contribution is 2.37. The molecule has 28 heavy (non-hydrogen) atoms. The zero-order valence-electron chi connectivity index (χ0n) is 17.4. The third kappa shape index (κ3) is 4.96. The van der Waals surface area contributed by atoms with Crippen LogP contribution in [0, 0.1) is 0 Å². The van der Waals surface area contributed by atoms with Gasteiger partial charge in [-0.15, -0.1) is 0 Å². The van der Waals surface area contributed by atoms with Crippen molar-refractivity contribution in [3.05, 3.63) is 60.7 Å². The van der Waals surface area contributed by atoms with Crippen molar-refractivity contribution < 1.29 is 9.16 Å². The molecule has 0 amide bonds. The summed E-state index contributed by atoms with van der Waals surface area (Å²) in [6.07, 6.45) is 5.45. The number of rotatable bonds is 10. The predicted octanol–water partition coefficient (Wildman–Crippen LogP) is 5.29. The molecular formula is C24H33BrO2Si. The van der Waals surface area contributed by atoms with E-state index in [0.717, 1.165) is 24.8 Å². The summed E-state index contributed by atoms with van der Waals surface area (Å²) in [7, 11) is -2.39. The Balaban J connectivity index is 1.74. The Labute approximate surface area is 179 Å². The van der Waals surface area contributed by atoms with Crippen LogP contribution in [0.5, 0.6) is 0 Å². The quantitative estimate of drug-likeness (QED) is 0.208. The van der Waals surface area contributed by atoms with Crippen molar-refractivity contribution in [3.8, 4) is 0 Å². The molecule has 2 aromatic rings. The zero-order valence-corrected chi connectivity index (χ0v) is 20.0. The Kier molecular flexibility index (Phi) is 7.54. The van der Waals surface area contributed by atoms with Gasteiger partial charge in [0, 0.05) is 11.9 Å². The Bertz CT molecular complexity index is 675. The molecule has 0 N–H and O–H groups in total. The molecule has 152 valence electrons. The molecule has 0 spiro atoms. The van der Waals surface area contributed by atoms with Crippen molar-refractivity contribution in [2.24, 2.45) is 0 Å². The van der Waals surface area contributed by atoms with E-state index >= 15 is 0 Å². The van der Waals surface area contributed by atoms with Gasteiger partial charge in [-0.3, -0.25) is 0 Å². The molecule has 4 heteroatoms. The fourth-order valence-corrected chi connectivity index (χ4v) is 9.17. The second kappa shape index (κ2) is 9.71. The van der Waals surface area contributed by atoms with Crippen LogP contribution in [-0.2, 0) is 9.16 Å². The van der Waals surface area contributed by atoms with Crippen LogP contribution < -0.4 is 10.4 Å². The highest BCUT2D eigenvalue weighted by molar-refractivity contribution is 9.09. The minimum atomic E-state index is -2.39. The summed E-state index contributed by atoms with van der Waals surface area (Å²) < 4.78 is 12.8. The first kappa shape index (κ1) is 21.8. The fraction of sp³-hybridized carbons (Fsp3) is 0.500. The maximum atomic E-state index is 6.94. The zero-order chi connectivity index (χ0) is 20.0. The van der Waals surface area contributed by atoms with E-state index in [4.69, 9.17) is 9.16 Å². The van der Waals surface area contributed by atoms with Gasteiger partial charge in [0.25, 0.3) is 8.32 Å².